The minimum absolute atomic E-state index is 0. The first kappa shape index (κ1) is 30.6. The number of aromatic nitrogens is 2. The van der Waals surface area contributed by atoms with Crippen LogP contribution in [0.2, 0.25) is 17.3 Å². The molecule has 4 aromatic carbocycles. The zero-order chi connectivity index (χ0) is 36.7. The van der Waals surface area contributed by atoms with Crippen LogP contribution in [0.5, 0.6) is 0 Å². The maximum atomic E-state index is 14.5. The molecule has 3 aromatic heterocycles. The first-order valence-electron chi connectivity index (χ1n) is 17.6. The van der Waals surface area contributed by atoms with Crippen LogP contribution in [0.15, 0.2) is 103 Å². The van der Waals surface area contributed by atoms with Gasteiger partial charge in [0, 0.05) is 36.6 Å². The Balaban J connectivity index is 0.000000198. The van der Waals surface area contributed by atoms with E-state index in [0.717, 1.165) is 27.3 Å². The Kier molecular flexibility index (Phi) is 9.53. The molecule has 0 saturated heterocycles. The second kappa shape index (κ2) is 15.0. The molecule has 0 aliphatic carbocycles. The monoisotopic (exact) mass is 893 g/mol. The molecule has 0 fully saturated rings. The van der Waals surface area contributed by atoms with Gasteiger partial charge in [0.2, 0.25) is 0 Å². The van der Waals surface area contributed by atoms with Crippen LogP contribution in [-0.4, -0.2) is 23.2 Å². The van der Waals surface area contributed by atoms with E-state index >= 15 is 0 Å². The molecular weight excluding hydrogens is 848 g/mol. The van der Waals surface area contributed by atoms with Crippen molar-refractivity contribution >= 4 is 49.2 Å². The standard InChI is InChI=1S/C24H16NS.C18H23FGeN.Ir/c1-16-14-22(25-15-21(16)17-8-3-2-4-9-17)20-12-7-11-19-18-10-5-6-13-23(18)26-24(19)20;1-12(2)15-10-18(21-11-17(15)20(4,5)6)14-8-7-13(3)9-16(14)19;/h2-11,13-15H,1H3;7,9-12H,1-6H3;/q2*-1;/i;3D3,12D;. The molecule has 6 heteroatoms. The van der Waals surface area contributed by atoms with E-state index in [1.165, 1.54) is 42.9 Å². The second-order valence-electron chi connectivity index (χ2n) is 12.9. The summed E-state index contributed by atoms with van der Waals surface area (Å²) in [5.74, 6) is 5.18. The first-order chi connectivity index (χ1) is 24.0. The predicted molar refractivity (Wildman–Crippen MR) is 202 cm³/mol. The molecule has 245 valence electrons. The maximum Gasteiger partial charge on any atom is 0 e. The van der Waals surface area contributed by atoms with Gasteiger partial charge in [-0.05, 0) is 39.9 Å². The Labute approximate surface area is 309 Å². The summed E-state index contributed by atoms with van der Waals surface area (Å²) < 4.78 is 48.7. The van der Waals surface area contributed by atoms with Crippen LogP contribution in [0.25, 0.3) is 53.8 Å². The molecule has 0 bridgehead atoms. The molecular formula is C42H39FGeIrN2S-2. The number of hydrogen-bond acceptors (Lipinski definition) is 3. The fourth-order valence-corrected chi connectivity index (χ4v) is 10.3. The van der Waals surface area contributed by atoms with Crippen molar-refractivity contribution in [2.24, 2.45) is 0 Å². The predicted octanol–water partition coefficient (Wildman–Crippen LogP) is 11.6. The van der Waals surface area contributed by atoms with E-state index in [9.17, 15) is 4.39 Å². The fourth-order valence-electron chi connectivity index (χ4n) is 5.76. The van der Waals surface area contributed by atoms with Gasteiger partial charge in [-0.3, -0.25) is 0 Å². The Morgan fingerprint density at radius 3 is 2.25 bits per heavy atom. The summed E-state index contributed by atoms with van der Waals surface area (Å²) in [4.78, 5) is 9.18. The van der Waals surface area contributed by atoms with Crippen LogP contribution in [-0.2, 0) is 20.1 Å². The van der Waals surface area contributed by atoms with Gasteiger partial charge in [0.15, 0.2) is 0 Å². The van der Waals surface area contributed by atoms with Gasteiger partial charge in [0.05, 0.1) is 0 Å². The number of rotatable bonds is 5. The summed E-state index contributed by atoms with van der Waals surface area (Å²) >= 11 is -0.433. The molecule has 0 saturated carbocycles. The second-order valence-corrected chi connectivity index (χ2v) is 24.5. The van der Waals surface area contributed by atoms with E-state index in [1.807, 2.05) is 29.7 Å². The number of hydrogen-bond donors (Lipinski definition) is 0. The number of nitrogens with zero attached hydrogens (tertiary/aromatic N) is 2. The van der Waals surface area contributed by atoms with E-state index in [1.54, 1.807) is 26.1 Å². The average molecular weight is 892 g/mol. The summed E-state index contributed by atoms with van der Waals surface area (Å²) in [7, 11) is 0. The van der Waals surface area contributed by atoms with Crippen LogP contribution in [0.3, 0.4) is 0 Å². The van der Waals surface area contributed by atoms with Crippen molar-refractivity contribution in [2.75, 3.05) is 0 Å². The zero-order valence-electron chi connectivity index (χ0n) is 31.8. The van der Waals surface area contributed by atoms with Crippen molar-refractivity contribution < 1.29 is 30.0 Å². The molecule has 3 heterocycles. The van der Waals surface area contributed by atoms with Gasteiger partial charge in [-0.1, -0.05) is 60.0 Å². The van der Waals surface area contributed by atoms with Gasteiger partial charge < -0.3 is 4.98 Å². The van der Waals surface area contributed by atoms with E-state index in [4.69, 9.17) is 10.5 Å². The summed E-state index contributed by atoms with van der Waals surface area (Å²) in [5.41, 5.74) is 6.95. The van der Waals surface area contributed by atoms with E-state index in [-0.39, 0.29) is 31.2 Å². The van der Waals surface area contributed by atoms with Crippen LogP contribution >= 0.6 is 11.3 Å². The minimum atomic E-state index is -2.37. The Morgan fingerprint density at radius 2 is 1.56 bits per heavy atom. The van der Waals surface area contributed by atoms with Crippen LogP contribution in [0, 0.1) is 31.7 Å². The largest absolute Gasteiger partial charge is 0 e. The van der Waals surface area contributed by atoms with Crippen LogP contribution < -0.4 is 4.40 Å². The molecule has 7 aromatic rings. The molecule has 0 atom stereocenters. The summed E-state index contributed by atoms with van der Waals surface area (Å²) in [6, 6.07) is 35.5. The third-order valence-corrected chi connectivity index (χ3v) is 13.6. The van der Waals surface area contributed by atoms with E-state index in [0.29, 0.717) is 5.69 Å². The number of fused-ring (bicyclic) bond motifs is 3. The van der Waals surface area contributed by atoms with Crippen molar-refractivity contribution in [2.45, 2.75) is 50.8 Å². The summed E-state index contributed by atoms with van der Waals surface area (Å²) in [5, 5.41) is 2.59. The van der Waals surface area contributed by atoms with Crippen molar-refractivity contribution in [1.29, 1.82) is 0 Å². The third-order valence-electron chi connectivity index (χ3n) is 8.19. The molecule has 48 heavy (non-hydrogen) atoms. The molecule has 0 aliphatic heterocycles. The topological polar surface area (TPSA) is 25.8 Å². The zero-order valence-corrected chi connectivity index (χ0v) is 33.1. The summed E-state index contributed by atoms with van der Waals surface area (Å²) in [6.07, 6.45) is 3.74. The Bertz CT molecular complexity index is 2360. The number of pyridine rings is 2. The van der Waals surface area contributed by atoms with Gasteiger partial charge in [-0.2, -0.15) is 11.3 Å². The van der Waals surface area contributed by atoms with Gasteiger partial charge >= 0.3 is 135 Å². The Hall–Kier alpha value is -3.48. The fraction of sp³-hybridized carbons (Fsp3) is 0.190. The normalized spacial score (nSPS) is 13.1. The molecule has 2 nitrogen and oxygen atoms in total. The molecule has 7 rings (SSSR count). The molecule has 1 radical (unpaired) electrons. The number of aryl methyl sites for hydroxylation is 2. The Morgan fingerprint density at radius 1 is 0.854 bits per heavy atom. The number of halogens is 1. The number of thiophene rings is 1. The van der Waals surface area contributed by atoms with Gasteiger partial charge in [0.25, 0.3) is 0 Å². The van der Waals surface area contributed by atoms with E-state index < -0.39 is 31.8 Å². The van der Waals surface area contributed by atoms with Crippen molar-refractivity contribution in [1.82, 2.24) is 9.97 Å². The average Bonchev–Trinajstić information content (AvgIpc) is 3.46. The van der Waals surface area contributed by atoms with Crippen molar-refractivity contribution in [3.05, 3.63) is 138 Å². The SMILES string of the molecule is Cc1cc(-c2[c-]ccc3c2sc2ccccc23)ncc1-c1ccccc1.[2H]C([2H])([2H])c1c[c-]c(-c2cc(C([2H])(C)C)[c]([Ge]([CH3])([CH3])[CH3])cn2)c(F)c1.[Ir]. The molecule has 0 amide bonds. The van der Waals surface area contributed by atoms with Gasteiger partial charge in [0.1, 0.15) is 0 Å². The van der Waals surface area contributed by atoms with Gasteiger partial charge in [-0.15, -0.1) is 23.8 Å². The molecule has 0 unspecified atom stereocenters. The van der Waals surface area contributed by atoms with E-state index in [2.05, 4.69) is 102 Å². The third kappa shape index (κ3) is 7.55. The van der Waals surface area contributed by atoms with Crippen LogP contribution in [0.1, 0.15) is 41.9 Å². The number of benzene rings is 4. The van der Waals surface area contributed by atoms with Crippen molar-refractivity contribution in [3.63, 3.8) is 0 Å². The molecule has 0 aliphatic rings. The molecule has 0 spiro atoms. The minimum Gasteiger partial charge on any atom is 0 e. The quantitative estimate of drug-likeness (QED) is 0.127. The first-order valence-corrected chi connectivity index (χ1v) is 23.8. The smallest absolute Gasteiger partial charge is 0 e. The molecule has 0 N–H and O–H groups in total. The summed E-state index contributed by atoms with van der Waals surface area (Å²) in [6.45, 7) is 3.39. The van der Waals surface area contributed by atoms with Gasteiger partial charge in [-0.25, -0.2) is 0 Å². The van der Waals surface area contributed by atoms with Crippen LogP contribution in [0.4, 0.5) is 4.39 Å². The maximum absolute atomic E-state index is 14.5. The van der Waals surface area contributed by atoms with Crippen molar-refractivity contribution in [3.8, 4) is 33.6 Å².